The van der Waals surface area contributed by atoms with Gasteiger partial charge in [0.1, 0.15) is 11.3 Å². The Bertz CT molecular complexity index is 355. The van der Waals surface area contributed by atoms with Crippen molar-refractivity contribution in [2.24, 2.45) is 5.92 Å². The van der Waals surface area contributed by atoms with Crippen LogP contribution in [0.15, 0.2) is 11.8 Å². The molecule has 17 heavy (non-hydrogen) atoms. The number of ether oxygens (including phenoxy) is 1. The number of carbonyl (C=O) groups excluding carboxylic acids is 2. The van der Waals surface area contributed by atoms with Crippen LogP contribution in [-0.2, 0) is 9.53 Å². The molecule has 1 heterocycles. The Kier molecular flexibility index (Phi) is 3.80. The van der Waals surface area contributed by atoms with Crippen molar-refractivity contribution in [3.63, 3.8) is 0 Å². The van der Waals surface area contributed by atoms with Crippen molar-refractivity contribution in [2.75, 3.05) is 0 Å². The van der Waals surface area contributed by atoms with E-state index in [0.717, 1.165) is 0 Å². The number of hydrogen-bond donors (Lipinski definition) is 2. The van der Waals surface area contributed by atoms with Gasteiger partial charge in [-0.2, -0.15) is 0 Å². The third-order valence-electron chi connectivity index (χ3n) is 2.46. The molecule has 5 heteroatoms. The third-order valence-corrected chi connectivity index (χ3v) is 2.46. The zero-order valence-electron chi connectivity index (χ0n) is 11.0. The Hall–Kier alpha value is -1.52. The molecule has 1 rings (SSSR count). The van der Waals surface area contributed by atoms with Crippen molar-refractivity contribution < 1.29 is 14.3 Å². The summed E-state index contributed by atoms with van der Waals surface area (Å²) < 4.78 is 5.08. The Balaban J connectivity index is 2.65. The van der Waals surface area contributed by atoms with Crippen LogP contribution in [-0.4, -0.2) is 23.6 Å². The molecule has 1 aliphatic rings. The minimum absolute atomic E-state index is 0.0756. The second-order valence-corrected chi connectivity index (χ2v) is 5.33. The smallest absolute Gasteiger partial charge is 0.412 e. The van der Waals surface area contributed by atoms with E-state index < -0.39 is 11.7 Å². The number of alkyl carbamates (subject to hydrolysis) is 1. The van der Waals surface area contributed by atoms with Gasteiger partial charge in [0, 0.05) is 6.04 Å². The van der Waals surface area contributed by atoms with Gasteiger partial charge in [0.15, 0.2) is 0 Å². The van der Waals surface area contributed by atoms with Gasteiger partial charge in [0.2, 0.25) is 0 Å². The molecule has 5 nitrogen and oxygen atoms in total. The van der Waals surface area contributed by atoms with Crippen molar-refractivity contribution in [1.82, 2.24) is 10.6 Å². The summed E-state index contributed by atoms with van der Waals surface area (Å²) in [5.41, 5.74) is -0.320. The van der Waals surface area contributed by atoms with E-state index in [9.17, 15) is 9.59 Å². The standard InChI is InChI=1S/C12H20N2O3/c1-7-6-9(10(15)13-8(7)2)14-11(16)17-12(3,4)5/h6-8H,1-5H3,(H,13,15)(H,14,16). The maximum absolute atomic E-state index is 11.6. The molecule has 0 aromatic carbocycles. The van der Waals surface area contributed by atoms with E-state index in [4.69, 9.17) is 4.74 Å². The first-order valence-electron chi connectivity index (χ1n) is 5.72. The topological polar surface area (TPSA) is 67.4 Å². The highest BCUT2D eigenvalue weighted by atomic mass is 16.6. The van der Waals surface area contributed by atoms with Crippen molar-refractivity contribution in [1.29, 1.82) is 0 Å². The van der Waals surface area contributed by atoms with Gasteiger partial charge in [0.05, 0.1) is 0 Å². The molecule has 0 radical (unpaired) electrons. The van der Waals surface area contributed by atoms with E-state index in [-0.39, 0.29) is 23.6 Å². The Morgan fingerprint density at radius 1 is 1.41 bits per heavy atom. The highest BCUT2D eigenvalue weighted by Gasteiger charge is 2.25. The normalized spacial score (nSPS) is 24.8. The molecule has 0 aromatic heterocycles. The van der Waals surface area contributed by atoms with Crippen LogP contribution in [0.25, 0.3) is 0 Å². The highest BCUT2D eigenvalue weighted by Crippen LogP contribution is 2.14. The lowest BCUT2D eigenvalue weighted by Gasteiger charge is -2.26. The first kappa shape index (κ1) is 13.5. The fourth-order valence-electron chi connectivity index (χ4n) is 1.41. The Morgan fingerprint density at radius 2 is 2.00 bits per heavy atom. The van der Waals surface area contributed by atoms with Gasteiger partial charge in [-0.3, -0.25) is 10.1 Å². The third kappa shape index (κ3) is 4.09. The summed E-state index contributed by atoms with van der Waals surface area (Å²) >= 11 is 0. The van der Waals surface area contributed by atoms with Crippen LogP contribution in [0.2, 0.25) is 0 Å². The molecule has 1 aliphatic heterocycles. The van der Waals surface area contributed by atoms with Gasteiger partial charge in [-0.1, -0.05) is 13.0 Å². The maximum atomic E-state index is 11.6. The molecule has 2 unspecified atom stereocenters. The van der Waals surface area contributed by atoms with Gasteiger partial charge >= 0.3 is 6.09 Å². The van der Waals surface area contributed by atoms with E-state index in [1.165, 1.54) is 0 Å². The largest absolute Gasteiger partial charge is 0.444 e. The zero-order valence-corrected chi connectivity index (χ0v) is 11.0. The van der Waals surface area contributed by atoms with Crippen molar-refractivity contribution >= 4 is 12.0 Å². The van der Waals surface area contributed by atoms with E-state index in [1.807, 2.05) is 13.8 Å². The monoisotopic (exact) mass is 240 g/mol. The van der Waals surface area contributed by atoms with Gasteiger partial charge in [0.25, 0.3) is 5.91 Å². The molecule has 0 bridgehead atoms. The number of hydrogen-bond acceptors (Lipinski definition) is 3. The number of carbonyl (C=O) groups is 2. The van der Waals surface area contributed by atoms with Gasteiger partial charge < -0.3 is 10.1 Å². The van der Waals surface area contributed by atoms with Crippen LogP contribution < -0.4 is 10.6 Å². The van der Waals surface area contributed by atoms with Crippen LogP contribution in [0.4, 0.5) is 4.79 Å². The predicted octanol–water partition coefficient (Wildman–Crippen LogP) is 1.55. The lowest BCUT2D eigenvalue weighted by atomic mass is 9.98. The summed E-state index contributed by atoms with van der Waals surface area (Å²) in [5.74, 6) is -0.0981. The summed E-state index contributed by atoms with van der Waals surface area (Å²) in [5, 5.41) is 5.23. The van der Waals surface area contributed by atoms with Crippen LogP contribution in [0, 0.1) is 5.92 Å². The number of nitrogens with one attached hydrogen (secondary N) is 2. The summed E-state index contributed by atoms with van der Waals surface area (Å²) in [6, 6.07) is 0.0756. The van der Waals surface area contributed by atoms with Crippen molar-refractivity contribution in [2.45, 2.75) is 46.3 Å². The lowest BCUT2D eigenvalue weighted by Crippen LogP contribution is -2.46. The van der Waals surface area contributed by atoms with E-state index in [1.54, 1.807) is 26.8 Å². The zero-order chi connectivity index (χ0) is 13.2. The summed E-state index contributed by atoms with van der Waals surface area (Å²) in [4.78, 5) is 23.1. The van der Waals surface area contributed by atoms with Gasteiger partial charge in [-0.25, -0.2) is 4.79 Å². The van der Waals surface area contributed by atoms with Gasteiger partial charge in [-0.05, 0) is 33.6 Å². The average Bonchev–Trinajstić information content (AvgIpc) is 2.11. The molecule has 2 atom stereocenters. The van der Waals surface area contributed by atoms with E-state index in [0.29, 0.717) is 0 Å². The van der Waals surface area contributed by atoms with Crippen molar-refractivity contribution in [3.8, 4) is 0 Å². The van der Waals surface area contributed by atoms with E-state index in [2.05, 4.69) is 10.6 Å². The minimum atomic E-state index is -0.611. The molecule has 0 aliphatic carbocycles. The van der Waals surface area contributed by atoms with Crippen LogP contribution in [0.5, 0.6) is 0 Å². The molecule has 0 saturated carbocycles. The average molecular weight is 240 g/mol. The fraction of sp³-hybridized carbons (Fsp3) is 0.667. The molecule has 0 fully saturated rings. The van der Waals surface area contributed by atoms with Crippen LogP contribution in [0.1, 0.15) is 34.6 Å². The second-order valence-electron chi connectivity index (χ2n) is 5.33. The van der Waals surface area contributed by atoms with Gasteiger partial charge in [-0.15, -0.1) is 0 Å². The highest BCUT2D eigenvalue weighted by molar-refractivity contribution is 5.97. The van der Waals surface area contributed by atoms with E-state index >= 15 is 0 Å². The quantitative estimate of drug-likeness (QED) is 0.730. The molecule has 0 saturated heterocycles. The van der Waals surface area contributed by atoms with Crippen molar-refractivity contribution in [3.05, 3.63) is 11.8 Å². The SMILES string of the molecule is CC1C=C(NC(=O)OC(C)(C)C)C(=O)NC1C. The predicted molar refractivity (Wildman–Crippen MR) is 64.2 cm³/mol. The molecule has 2 amide bonds. The summed E-state index contributed by atoms with van der Waals surface area (Å²) in [6.07, 6.45) is 1.13. The lowest BCUT2D eigenvalue weighted by molar-refractivity contribution is -0.119. The number of amides is 2. The summed E-state index contributed by atoms with van der Waals surface area (Å²) in [7, 11) is 0. The Morgan fingerprint density at radius 3 is 2.53 bits per heavy atom. The van der Waals surface area contributed by atoms with Crippen LogP contribution >= 0.6 is 0 Å². The molecule has 0 aromatic rings. The molecule has 96 valence electrons. The molecule has 2 N–H and O–H groups in total. The Labute approximate surface area is 102 Å². The van der Waals surface area contributed by atoms with Crippen LogP contribution in [0.3, 0.4) is 0 Å². The first-order valence-corrected chi connectivity index (χ1v) is 5.72. The second kappa shape index (κ2) is 4.77. The molecule has 0 spiro atoms. The fourth-order valence-corrected chi connectivity index (χ4v) is 1.41. The summed E-state index contributed by atoms with van der Waals surface area (Å²) in [6.45, 7) is 9.20. The number of rotatable bonds is 1. The molecular weight excluding hydrogens is 220 g/mol. The minimum Gasteiger partial charge on any atom is -0.444 e. The molecular formula is C12H20N2O3. The maximum Gasteiger partial charge on any atom is 0.412 e. The first-order chi connectivity index (χ1) is 7.69.